The Morgan fingerprint density at radius 3 is 2.71 bits per heavy atom. The number of rotatable bonds is 6. The van der Waals surface area contributed by atoms with E-state index in [9.17, 15) is 4.39 Å². The highest BCUT2D eigenvalue weighted by atomic mass is 127. The van der Waals surface area contributed by atoms with Gasteiger partial charge in [-0.3, -0.25) is 4.99 Å². The molecular formula is C22H30FIN4. The molecule has 1 aliphatic rings. The molecule has 0 saturated carbocycles. The van der Waals surface area contributed by atoms with Gasteiger partial charge in [0.05, 0.1) is 0 Å². The number of hydrogen-bond acceptors (Lipinski definition) is 2. The summed E-state index contributed by atoms with van der Waals surface area (Å²) in [4.78, 5) is 9.34. The summed E-state index contributed by atoms with van der Waals surface area (Å²) in [6, 6.07) is 17.3. The highest BCUT2D eigenvalue weighted by Gasteiger charge is 2.22. The number of halogens is 2. The van der Waals surface area contributed by atoms with Crippen LogP contribution in [0.3, 0.4) is 0 Å². The molecule has 1 saturated heterocycles. The molecule has 2 aromatic carbocycles. The van der Waals surface area contributed by atoms with Crippen LogP contribution in [0.5, 0.6) is 0 Å². The molecule has 2 aromatic rings. The minimum absolute atomic E-state index is 0. The Labute approximate surface area is 184 Å². The number of anilines is 1. The van der Waals surface area contributed by atoms with Crippen molar-refractivity contribution in [3.63, 3.8) is 0 Å². The van der Waals surface area contributed by atoms with Gasteiger partial charge in [0.1, 0.15) is 5.82 Å². The summed E-state index contributed by atoms with van der Waals surface area (Å²) in [6.45, 7) is 6.44. The second-order valence-corrected chi connectivity index (χ2v) is 7.12. The van der Waals surface area contributed by atoms with Crippen molar-refractivity contribution in [2.24, 2.45) is 10.9 Å². The fraction of sp³-hybridized carbons (Fsp3) is 0.409. The minimum Gasteiger partial charge on any atom is -0.371 e. The summed E-state index contributed by atoms with van der Waals surface area (Å²) >= 11 is 0. The number of aliphatic imine (C=N–C) groups is 1. The summed E-state index contributed by atoms with van der Waals surface area (Å²) in [5.74, 6) is 1.23. The van der Waals surface area contributed by atoms with Crippen molar-refractivity contribution in [3.8, 4) is 0 Å². The van der Waals surface area contributed by atoms with E-state index in [4.69, 9.17) is 4.99 Å². The van der Waals surface area contributed by atoms with E-state index < -0.39 is 0 Å². The largest absolute Gasteiger partial charge is 0.371 e. The smallest absolute Gasteiger partial charge is 0.193 e. The standard InChI is InChI=1S/C22H29FN4.HI/c1-3-24-22(26(2)16-18-8-7-9-20(23)14-18)25-15-19-12-13-27(17-19)21-10-5-4-6-11-21;/h4-11,14,19H,3,12-13,15-17H2,1-2H3,(H,24,25);1H. The zero-order valence-corrected chi connectivity index (χ0v) is 19.0. The van der Waals surface area contributed by atoms with E-state index in [0.29, 0.717) is 12.5 Å². The SMILES string of the molecule is CCNC(=NCC1CCN(c2ccccc2)C1)N(C)Cc1cccc(F)c1.I. The molecule has 1 atom stereocenters. The van der Waals surface area contributed by atoms with Gasteiger partial charge in [-0.25, -0.2) is 4.39 Å². The lowest BCUT2D eigenvalue weighted by atomic mass is 10.1. The summed E-state index contributed by atoms with van der Waals surface area (Å²) in [5.41, 5.74) is 2.23. The maximum atomic E-state index is 13.4. The number of hydrogen-bond donors (Lipinski definition) is 1. The average molecular weight is 496 g/mol. The molecule has 1 unspecified atom stereocenters. The van der Waals surface area contributed by atoms with Crippen LogP contribution in [0.25, 0.3) is 0 Å². The first-order valence-corrected chi connectivity index (χ1v) is 9.69. The van der Waals surface area contributed by atoms with Crippen molar-refractivity contribution in [1.82, 2.24) is 10.2 Å². The van der Waals surface area contributed by atoms with Crippen molar-refractivity contribution in [2.75, 3.05) is 38.1 Å². The minimum atomic E-state index is -0.199. The molecule has 3 rings (SSSR count). The fourth-order valence-electron chi connectivity index (χ4n) is 3.52. The van der Waals surface area contributed by atoms with Crippen LogP contribution in [0.4, 0.5) is 10.1 Å². The van der Waals surface area contributed by atoms with Crippen LogP contribution in [-0.4, -0.2) is 44.1 Å². The molecule has 0 bridgehead atoms. The van der Waals surface area contributed by atoms with Crippen LogP contribution in [0.15, 0.2) is 59.6 Å². The fourth-order valence-corrected chi connectivity index (χ4v) is 3.52. The molecule has 1 N–H and O–H groups in total. The van der Waals surface area contributed by atoms with Gasteiger partial charge in [-0.05, 0) is 49.1 Å². The third kappa shape index (κ3) is 6.36. The van der Waals surface area contributed by atoms with E-state index in [1.165, 1.54) is 11.8 Å². The lowest BCUT2D eigenvalue weighted by molar-refractivity contribution is 0.470. The molecular weight excluding hydrogens is 466 g/mol. The van der Waals surface area contributed by atoms with E-state index in [1.807, 2.05) is 13.1 Å². The van der Waals surface area contributed by atoms with Crippen LogP contribution < -0.4 is 10.2 Å². The van der Waals surface area contributed by atoms with E-state index in [-0.39, 0.29) is 29.8 Å². The third-order valence-electron chi connectivity index (χ3n) is 4.91. The van der Waals surface area contributed by atoms with E-state index in [2.05, 4.69) is 52.4 Å². The maximum absolute atomic E-state index is 13.4. The van der Waals surface area contributed by atoms with Gasteiger partial charge >= 0.3 is 0 Å². The lowest BCUT2D eigenvalue weighted by Gasteiger charge is -2.23. The molecule has 152 valence electrons. The topological polar surface area (TPSA) is 30.9 Å². The molecule has 0 aromatic heterocycles. The summed E-state index contributed by atoms with van der Waals surface area (Å²) in [6.07, 6.45) is 1.16. The van der Waals surface area contributed by atoms with Crippen molar-refractivity contribution < 1.29 is 4.39 Å². The molecule has 6 heteroatoms. The molecule has 1 heterocycles. The predicted molar refractivity (Wildman–Crippen MR) is 126 cm³/mol. The average Bonchev–Trinajstić information content (AvgIpc) is 3.15. The summed E-state index contributed by atoms with van der Waals surface area (Å²) < 4.78 is 13.4. The highest BCUT2D eigenvalue weighted by molar-refractivity contribution is 14.0. The Balaban J connectivity index is 0.00000280. The summed E-state index contributed by atoms with van der Waals surface area (Å²) in [5, 5.41) is 3.35. The predicted octanol–water partition coefficient (Wildman–Crippen LogP) is 4.37. The van der Waals surface area contributed by atoms with Crippen molar-refractivity contribution >= 4 is 35.6 Å². The van der Waals surface area contributed by atoms with Gasteiger partial charge in [-0.15, -0.1) is 24.0 Å². The second kappa shape index (κ2) is 11.2. The first-order chi connectivity index (χ1) is 13.2. The van der Waals surface area contributed by atoms with Crippen LogP contribution in [0.1, 0.15) is 18.9 Å². The summed E-state index contributed by atoms with van der Waals surface area (Å²) in [7, 11) is 2.00. The Morgan fingerprint density at radius 1 is 1.21 bits per heavy atom. The van der Waals surface area contributed by atoms with Crippen molar-refractivity contribution in [1.29, 1.82) is 0 Å². The van der Waals surface area contributed by atoms with E-state index in [0.717, 1.165) is 44.1 Å². The Morgan fingerprint density at radius 2 is 2.00 bits per heavy atom. The van der Waals surface area contributed by atoms with E-state index >= 15 is 0 Å². The number of para-hydroxylation sites is 1. The molecule has 4 nitrogen and oxygen atoms in total. The number of guanidine groups is 1. The molecule has 0 aliphatic carbocycles. The Bertz CT molecular complexity index is 753. The van der Waals surface area contributed by atoms with Crippen LogP contribution >= 0.6 is 24.0 Å². The number of nitrogens with zero attached hydrogens (tertiary/aromatic N) is 3. The first kappa shape index (κ1) is 22.5. The Kier molecular flexibility index (Phi) is 9.02. The van der Waals surface area contributed by atoms with Crippen molar-refractivity contribution in [3.05, 3.63) is 66.0 Å². The van der Waals surface area contributed by atoms with E-state index in [1.54, 1.807) is 12.1 Å². The van der Waals surface area contributed by atoms with Crippen molar-refractivity contribution in [2.45, 2.75) is 19.9 Å². The van der Waals surface area contributed by atoms with Crippen LogP contribution in [0.2, 0.25) is 0 Å². The zero-order valence-electron chi connectivity index (χ0n) is 16.6. The van der Waals surface area contributed by atoms with Gasteiger partial charge < -0.3 is 15.1 Å². The molecule has 28 heavy (non-hydrogen) atoms. The lowest BCUT2D eigenvalue weighted by Crippen LogP contribution is -2.39. The Hall–Kier alpha value is -1.83. The maximum Gasteiger partial charge on any atom is 0.193 e. The normalized spacial score (nSPS) is 16.6. The van der Waals surface area contributed by atoms with Gasteiger partial charge in [0.15, 0.2) is 5.96 Å². The van der Waals surface area contributed by atoms with Crippen LogP contribution in [-0.2, 0) is 6.54 Å². The molecule has 1 aliphatic heterocycles. The molecule has 0 amide bonds. The third-order valence-corrected chi connectivity index (χ3v) is 4.91. The number of nitrogens with one attached hydrogen (secondary N) is 1. The molecule has 1 fully saturated rings. The zero-order chi connectivity index (χ0) is 19.1. The van der Waals surface area contributed by atoms with Gasteiger partial charge in [-0.1, -0.05) is 30.3 Å². The number of benzene rings is 2. The van der Waals surface area contributed by atoms with Gasteiger partial charge in [0.2, 0.25) is 0 Å². The second-order valence-electron chi connectivity index (χ2n) is 7.12. The first-order valence-electron chi connectivity index (χ1n) is 9.69. The highest BCUT2D eigenvalue weighted by Crippen LogP contribution is 2.23. The van der Waals surface area contributed by atoms with Crippen LogP contribution in [0, 0.1) is 11.7 Å². The van der Waals surface area contributed by atoms with Gasteiger partial charge in [-0.2, -0.15) is 0 Å². The quantitative estimate of drug-likeness (QED) is 0.366. The monoisotopic (exact) mass is 496 g/mol. The molecule has 0 spiro atoms. The molecule has 0 radical (unpaired) electrons. The van der Waals surface area contributed by atoms with Gasteiger partial charge in [0.25, 0.3) is 0 Å². The van der Waals surface area contributed by atoms with Gasteiger partial charge in [0, 0.05) is 45.5 Å².